The predicted octanol–water partition coefficient (Wildman–Crippen LogP) is 1.63. The second-order valence-corrected chi connectivity index (χ2v) is 4.21. The van der Waals surface area contributed by atoms with E-state index >= 15 is 0 Å². The number of nitro groups is 1. The Bertz CT molecular complexity index is 612. The summed E-state index contributed by atoms with van der Waals surface area (Å²) in [6.07, 6.45) is 1.51. The van der Waals surface area contributed by atoms with E-state index in [1.165, 1.54) is 6.20 Å². The van der Waals surface area contributed by atoms with E-state index in [9.17, 15) is 10.1 Å². The van der Waals surface area contributed by atoms with Gasteiger partial charge in [-0.1, -0.05) is 16.7 Å². The first kappa shape index (κ1) is 13.8. The molecule has 2 heterocycles. The summed E-state index contributed by atoms with van der Waals surface area (Å²) >= 11 is 5.77. The van der Waals surface area contributed by atoms with E-state index < -0.39 is 5.03 Å². The largest absolute Gasteiger partial charge is 0.349 e. The van der Waals surface area contributed by atoms with Crippen molar-refractivity contribution in [3.8, 4) is 0 Å². The molecule has 20 heavy (non-hydrogen) atoms. The van der Waals surface area contributed by atoms with E-state index in [0.717, 1.165) is 0 Å². The summed E-state index contributed by atoms with van der Waals surface area (Å²) in [6, 6.07) is 1.58. The summed E-state index contributed by atoms with van der Waals surface area (Å²) in [4.78, 5) is 18.7. The highest BCUT2D eigenvalue weighted by molar-refractivity contribution is 6.31. The summed E-state index contributed by atoms with van der Waals surface area (Å²) in [6.45, 7) is 1.49. The quantitative estimate of drug-likeness (QED) is 0.225. The Morgan fingerprint density at radius 3 is 3.20 bits per heavy atom. The lowest BCUT2D eigenvalue weighted by Gasteiger charge is -2.15. The van der Waals surface area contributed by atoms with Gasteiger partial charge in [0.25, 0.3) is 5.96 Å². The third kappa shape index (κ3) is 3.25. The first-order chi connectivity index (χ1) is 9.60. The maximum Gasteiger partial charge on any atom is 0.271 e. The van der Waals surface area contributed by atoms with Crippen LogP contribution in [-0.2, 0) is 6.54 Å². The van der Waals surface area contributed by atoms with Crippen LogP contribution in [0.5, 0.6) is 0 Å². The van der Waals surface area contributed by atoms with E-state index in [1.807, 2.05) is 0 Å². The van der Waals surface area contributed by atoms with Crippen molar-refractivity contribution >= 4 is 23.2 Å². The van der Waals surface area contributed by atoms with Crippen molar-refractivity contribution < 1.29 is 5.03 Å². The van der Waals surface area contributed by atoms with Crippen LogP contribution >= 0.6 is 11.6 Å². The molecular weight excluding hydrogens is 288 g/mol. The topological polar surface area (TPSA) is 132 Å². The molecule has 0 unspecified atom stereocenters. The van der Waals surface area contributed by atoms with Crippen LogP contribution in [0.3, 0.4) is 0 Å². The number of nitrogens with zero attached hydrogens (tertiary/aromatic N) is 7. The maximum absolute atomic E-state index is 10.4. The lowest BCUT2D eigenvalue weighted by atomic mass is 10.2. The van der Waals surface area contributed by atoms with Crippen molar-refractivity contribution in [1.82, 2.24) is 15.2 Å². The van der Waals surface area contributed by atoms with E-state index in [0.29, 0.717) is 25.2 Å². The second kappa shape index (κ2) is 6.04. The molecule has 1 fully saturated rings. The average molecular weight is 297 g/mol. The summed E-state index contributed by atoms with van der Waals surface area (Å²) < 4.78 is 0. The molecule has 1 saturated heterocycles. The number of nitrogens with one attached hydrogen (secondary N) is 1. The molecule has 1 aliphatic rings. The lowest BCUT2D eigenvalue weighted by molar-refractivity contribution is -0.485. The number of hydrogen-bond donors (Lipinski definition) is 1. The zero-order valence-corrected chi connectivity index (χ0v) is 10.9. The van der Waals surface area contributed by atoms with Gasteiger partial charge in [0, 0.05) is 30.7 Å². The fourth-order valence-corrected chi connectivity index (χ4v) is 1.89. The summed E-state index contributed by atoms with van der Waals surface area (Å²) in [5, 5.41) is 19.2. The van der Waals surface area contributed by atoms with Gasteiger partial charge in [0.2, 0.25) is 0 Å². The third-order valence-electron chi connectivity index (χ3n) is 2.54. The number of guanidine groups is 1. The molecule has 11 heteroatoms. The SMILES string of the molecule is [N-]=[N+]=Nc1cc(CN2CCN/C2=N\[N+](=O)[O-])cnc1Cl. The molecule has 0 saturated carbocycles. The zero-order chi connectivity index (χ0) is 14.5. The Labute approximate surface area is 117 Å². The van der Waals surface area contributed by atoms with E-state index in [-0.39, 0.29) is 16.8 Å². The molecule has 0 bridgehead atoms. The highest BCUT2D eigenvalue weighted by Crippen LogP contribution is 2.24. The molecule has 1 aromatic heterocycles. The lowest BCUT2D eigenvalue weighted by Crippen LogP contribution is -2.30. The minimum atomic E-state index is -0.758. The number of azide groups is 1. The van der Waals surface area contributed by atoms with Crippen molar-refractivity contribution in [3.05, 3.63) is 43.5 Å². The molecule has 10 nitrogen and oxygen atoms in total. The number of hydrazone groups is 1. The minimum absolute atomic E-state index is 0.102. The fourth-order valence-electron chi connectivity index (χ4n) is 1.75. The van der Waals surface area contributed by atoms with Crippen molar-refractivity contribution in [3.63, 3.8) is 0 Å². The van der Waals surface area contributed by atoms with Crippen LogP contribution in [0.2, 0.25) is 5.15 Å². The number of hydrogen-bond acceptors (Lipinski definition) is 4. The minimum Gasteiger partial charge on any atom is -0.349 e. The zero-order valence-electron chi connectivity index (χ0n) is 10.1. The molecule has 2 rings (SSSR count). The number of halogens is 1. The normalized spacial score (nSPS) is 15.8. The van der Waals surface area contributed by atoms with Gasteiger partial charge in [-0.2, -0.15) is 0 Å². The Hall–Kier alpha value is -2.58. The summed E-state index contributed by atoms with van der Waals surface area (Å²) in [5.41, 5.74) is 9.34. The van der Waals surface area contributed by atoms with Crippen molar-refractivity contribution in [2.24, 2.45) is 10.2 Å². The van der Waals surface area contributed by atoms with Crippen LogP contribution in [0.1, 0.15) is 5.56 Å². The van der Waals surface area contributed by atoms with Crippen molar-refractivity contribution in [2.75, 3.05) is 13.1 Å². The molecule has 0 aliphatic carbocycles. The average Bonchev–Trinajstić information content (AvgIpc) is 2.80. The maximum atomic E-state index is 10.4. The van der Waals surface area contributed by atoms with Gasteiger partial charge in [0.05, 0.1) is 5.69 Å². The predicted molar refractivity (Wildman–Crippen MR) is 70.9 cm³/mol. The molecule has 0 spiro atoms. The molecule has 0 radical (unpaired) electrons. The number of rotatable bonds is 4. The molecule has 104 valence electrons. The summed E-state index contributed by atoms with van der Waals surface area (Å²) in [5.74, 6) is 0.190. The van der Waals surface area contributed by atoms with E-state index in [2.05, 4.69) is 25.4 Å². The van der Waals surface area contributed by atoms with Crippen LogP contribution in [0.4, 0.5) is 5.69 Å². The highest BCUT2D eigenvalue weighted by Gasteiger charge is 2.21. The monoisotopic (exact) mass is 296 g/mol. The van der Waals surface area contributed by atoms with Gasteiger partial charge in [-0.25, -0.2) is 15.1 Å². The van der Waals surface area contributed by atoms with Gasteiger partial charge in [-0.05, 0) is 17.2 Å². The number of aromatic nitrogens is 1. The number of pyridine rings is 1. The second-order valence-electron chi connectivity index (χ2n) is 3.85. The van der Waals surface area contributed by atoms with Crippen LogP contribution in [0.25, 0.3) is 10.4 Å². The van der Waals surface area contributed by atoms with Crippen molar-refractivity contribution in [2.45, 2.75) is 6.54 Å². The van der Waals surface area contributed by atoms with E-state index in [4.69, 9.17) is 17.1 Å². The third-order valence-corrected chi connectivity index (χ3v) is 2.84. The highest BCUT2D eigenvalue weighted by atomic mass is 35.5. The van der Waals surface area contributed by atoms with Gasteiger partial charge in [0.15, 0.2) is 5.03 Å². The van der Waals surface area contributed by atoms with Crippen LogP contribution < -0.4 is 5.32 Å². The van der Waals surface area contributed by atoms with Gasteiger partial charge in [-0.15, -0.1) is 0 Å². The summed E-state index contributed by atoms with van der Waals surface area (Å²) in [7, 11) is 0. The molecule has 0 amide bonds. The van der Waals surface area contributed by atoms with Gasteiger partial charge in [0.1, 0.15) is 10.3 Å². The molecule has 0 aromatic carbocycles. The molecule has 1 N–H and O–H groups in total. The van der Waals surface area contributed by atoms with Crippen LogP contribution in [0.15, 0.2) is 22.5 Å². The fraction of sp³-hybridized carbons (Fsp3) is 0.333. The Morgan fingerprint density at radius 2 is 2.50 bits per heavy atom. The standard InChI is InChI=1S/C9H9ClN8O2/c10-8-7(14-16-11)3-6(4-13-8)5-17-2-1-12-9(17)15-18(19)20/h3-4H,1-2,5H2,(H,12,15). The Kier molecular flexibility index (Phi) is 4.18. The molecule has 0 atom stereocenters. The van der Waals surface area contributed by atoms with Crippen LogP contribution in [0, 0.1) is 10.1 Å². The van der Waals surface area contributed by atoms with E-state index in [1.54, 1.807) is 11.0 Å². The molecule has 1 aliphatic heterocycles. The first-order valence-electron chi connectivity index (χ1n) is 5.51. The van der Waals surface area contributed by atoms with Crippen molar-refractivity contribution in [1.29, 1.82) is 0 Å². The van der Waals surface area contributed by atoms with Crippen LogP contribution in [-0.4, -0.2) is 34.0 Å². The molecular formula is C9H9ClN8O2. The smallest absolute Gasteiger partial charge is 0.271 e. The van der Waals surface area contributed by atoms with Gasteiger partial charge in [-0.3, -0.25) is 0 Å². The molecule has 1 aromatic rings. The Morgan fingerprint density at radius 1 is 1.70 bits per heavy atom. The van der Waals surface area contributed by atoms with Gasteiger partial charge >= 0.3 is 0 Å². The Balaban J connectivity index is 2.19. The first-order valence-corrected chi connectivity index (χ1v) is 5.89. The van der Waals surface area contributed by atoms with Gasteiger partial charge < -0.3 is 10.2 Å².